The topological polar surface area (TPSA) is 115 Å². The largest absolute Gasteiger partial charge is 0.456 e. The van der Waals surface area contributed by atoms with Crippen LogP contribution in [0.1, 0.15) is 36.7 Å². The highest BCUT2D eigenvalue weighted by molar-refractivity contribution is 8.00. The minimum atomic E-state index is -2.83. The molecular formula is C43H42N4O6SSi. The molecule has 1 aliphatic heterocycles. The fourth-order valence-electron chi connectivity index (χ4n) is 7.05. The Kier molecular flexibility index (Phi) is 11.4. The summed E-state index contributed by atoms with van der Waals surface area (Å²) in [6.45, 7) is 7.57. The minimum Gasteiger partial charge on any atom is -0.456 e. The van der Waals surface area contributed by atoms with Crippen LogP contribution in [0.4, 0.5) is 0 Å². The lowest BCUT2D eigenvalue weighted by molar-refractivity contribution is -0.0284. The van der Waals surface area contributed by atoms with Gasteiger partial charge in [-0.15, -0.1) is 11.8 Å². The Morgan fingerprint density at radius 2 is 1.42 bits per heavy atom. The molecule has 3 atom stereocenters. The van der Waals surface area contributed by atoms with Crippen molar-refractivity contribution in [3.8, 4) is 11.8 Å². The second-order valence-electron chi connectivity index (χ2n) is 14.3. The highest BCUT2D eigenvalue weighted by Crippen LogP contribution is 2.39. The number of thioether (sulfide) groups is 1. The molecule has 3 heterocycles. The number of carbonyl (C=O) groups is 1. The SMILES string of the molecule is CC(C)(C)[Si](OC[C@H]1SC[C@@H](Oc2nccc(-n3ccc(=O)n(C(=O)c4ccccc4)c3=O)n2)[C@@H]1OCc1ccccc1)(c1ccccc1)c1ccccc1. The van der Waals surface area contributed by atoms with Crippen LogP contribution in [-0.2, 0) is 15.8 Å². The lowest BCUT2D eigenvalue weighted by Crippen LogP contribution is -2.67. The lowest BCUT2D eigenvalue weighted by Gasteiger charge is -2.43. The van der Waals surface area contributed by atoms with Crippen LogP contribution >= 0.6 is 11.8 Å². The number of aromatic nitrogens is 4. The van der Waals surface area contributed by atoms with Crippen molar-refractivity contribution >= 4 is 36.4 Å². The van der Waals surface area contributed by atoms with E-state index in [4.69, 9.17) is 13.9 Å². The first-order valence-corrected chi connectivity index (χ1v) is 21.1. The smallest absolute Gasteiger partial charge is 0.344 e. The second kappa shape index (κ2) is 16.5. The van der Waals surface area contributed by atoms with Crippen molar-refractivity contribution < 1.29 is 18.7 Å². The zero-order chi connectivity index (χ0) is 38.4. The number of ether oxygens (including phenoxy) is 2. The Balaban J connectivity index is 1.18. The third-order valence-electron chi connectivity index (χ3n) is 9.70. The maximum atomic E-state index is 13.6. The number of hydrogen-bond donors (Lipinski definition) is 0. The number of carbonyl (C=O) groups excluding carboxylic acids is 1. The quantitative estimate of drug-likeness (QED) is 0.149. The first-order valence-electron chi connectivity index (χ1n) is 18.1. The molecule has 0 bridgehead atoms. The van der Waals surface area contributed by atoms with Gasteiger partial charge in [0.05, 0.1) is 11.9 Å². The summed E-state index contributed by atoms with van der Waals surface area (Å²) in [7, 11) is -2.83. The summed E-state index contributed by atoms with van der Waals surface area (Å²) in [4.78, 5) is 48.5. The van der Waals surface area contributed by atoms with Crippen molar-refractivity contribution in [2.24, 2.45) is 0 Å². The van der Waals surface area contributed by atoms with Crippen LogP contribution < -0.4 is 26.4 Å². The molecule has 2 aromatic heterocycles. The summed E-state index contributed by atoms with van der Waals surface area (Å²) in [6, 6.07) is 42.0. The molecule has 0 saturated carbocycles. The highest BCUT2D eigenvalue weighted by Gasteiger charge is 2.51. The molecule has 1 fully saturated rings. The number of hydrogen-bond acceptors (Lipinski definition) is 9. The molecule has 12 heteroatoms. The predicted octanol–water partition coefficient (Wildman–Crippen LogP) is 5.50. The molecule has 1 aliphatic rings. The van der Waals surface area contributed by atoms with E-state index in [1.165, 1.54) is 28.8 Å². The maximum Gasteiger partial charge on any atom is 0.344 e. The van der Waals surface area contributed by atoms with E-state index < -0.39 is 37.7 Å². The summed E-state index contributed by atoms with van der Waals surface area (Å²) in [5.74, 6) is -0.00938. The molecule has 0 radical (unpaired) electrons. The molecule has 4 aromatic carbocycles. The van der Waals surface area contributed by atoms with Crippen LogP contribution in [0.3, 0.4) is 0 Å². The van der Waals surface area contributed by atoms with Gasteiger partial charge in [-0.25, -0.2) is 9.78 Å². The predicted molar refractivity (Wildman–Crippen MR) is 217 cm³/mol. The van der Waals surface area contributed by atoms with Gasteiger partial charge in [0.25, 0.3) is 19.8 Å². The fraction of sp³-hybridized carbons (Fsp3) is 0.233. The zero-order valence-corrected chi connectivity index (χ0v) is 32.7. The Bertz CT molecular complexity index is 2300. The monoisotopic (exact) mass is 770 g/mol. The van der Waals surface area contributed by atoms with Crippen molar-refractivity contribution in [2.75, 3.05) is 12.4 Å². The van der Waals surface area contributed by atoms with E-state index in [0.717, 1.165) is 16.2 Å². The van der Waals surface area contributed by atoms with E-state index in [2.05, 4.69) is 79.3 Å². The second-order valence-corrected chi connectivity index (χ2v) is 19.9. The van der Waals surface area contributed by atoms with Gasteiger partial charge in [0, 0.05) is 42.4 Å². The number of rotatable bonds is 12. The molecule has 10 nitrogen and oxygen atoms in total. The van der Waals surface area contributed by atoms with Crippen LogP contribution in [0.5, 0.6) is 6.01 Å². The van der Waals surface area contributed by atoms with Gasteiger partial charge in [0.2, 0.25) is 0 Å². The first-order chi connectivity index (χ1) is 26.7. The Labute approximate surface area is 324 Å². The van der Waals surface area contributed by atoms with Crippen LogP contribution in [-0.4, -0.2) is 63.1 Å². The van der Waals surface area contributed by atoms with Crippen LogP contribution in [0.15, 0.2) is 155 Å². The molecule has 0 amide bonds. The van der Waals surface area contributed by atoms with Gasteiger partial charge in [-0.1, -0.05) is 130 Å². The Hall–Kier alpha value is -5.40. The molecule has 0 aliphatic carbocycles. The summed E-state index contributed by atoms with van der Waals surface area (Å²) in [6.07, 6.45) is 1.91. The van der Waals surface area contributed by atoms with Crippen LogP contribution in [0.2, 0.25) is 5.04 Å². The maximum absolute atomic E-state index is 13.6. The summed E-state index contributed by atoms with van der Waals surface area (Å²) < 4.78 is 22.2. The molecule has 55 heavy (non-hydrogen) atoms. The van der Waals surface area contributed by atoms with Crippen molar-refractivity contribution in [2.45, 2.75) is 49.9 Å². The minimum absolute atomic E-state index is 0.0315. The van der Waals surface area contributed by atoms with E-state index in [0.29, 0.717) is 23.5 Å². The van der Waals surface area contributed by atoms with Crippen molar-refractivity contribution in [1.82, 2.24) is 19.1 Å². The van der Waals surface area contributed by atoms with Gasteiger partial charge in [-0.3, -0.25) is 14.2 Å². The average Bonchev–Trinajstić information content (AvgIpc) is 3.58. The number of benzene rings is 4. The molecular weight excluding hydrogens is 729 g/mol. The standard InChI is InChI=1S/C43H42N4O6SSi/c1-43(2,3)55(33-20-12-6-13-21-33,34-22-14-7-15-23-34)52-29-36-39(51-28-31-16-8-4-9-17-31)35(30-54-36)53-41-44-26-24-37(45-41)46-27-25-38(48)47(42(46)50)40(49)32-18-10-5-11-19-32/h4-27,35-36,39H,28-30H2,1-3H3/t35-,36-,39+/m1/s1. The fourth-order valence-corrected chi connectivity index (χ4v) is 13.1. The normalized spacial score (nSPS) is 17.2. The van der Waals surface area contributed by atoms with E-state index in [9.17, 15) is 14.4 Å². The summed E-state index contributed by atoms with van der Waals surface area (Å²) >= 11 is 1.72. The molecule has 0 N–H and O–H groups in total. The van der Waals surface area contributed by atoms with Gasteiger partial charge in [-0.2, -0.15) is 9.55 Å². The van der Waals surface area contributed by atoms with E-state index in [1.807, 2.05) is 42.5 Å². The van der Waals surface area contributed by atoms with E-state index in [1.54, 1.807) is 42.1 Å². The molecule has 6 aromatic rings. The molecule has 7 rings (SSSR count). The number of nitrogens with zero attached hydrogens (tertiary/aromatic N) is 4. The van der Waals surface area contributed by atoms with Gasteiger partial charge >= 0.3 is 11.7 Å². The third-order valence-corrected chi connectivity index (χ3v) is 16.1. The first kappa shape index (κ1) is 37.9. The van der Waals surface area contributed by atoms with E-state index in [-0.39, 0.29) is 27.7 Å². The Morgan fingerprint density at radius 3 is 2.04 bits per heavy atom. The summed E-state index contributed by atoms with van der Waals surface area (Å²) in [5.41, 5.74) is -0.358. The van der Waals surface area contributed by atoms with Crippen LogP contribution in [0, 0.1) is 0 Å². The molecule has 280 valence electrons. The van der Waals surface area contributed by atoms with Gasteiger partial charge in [0.1, 0.15) is 18.0 Å². The molecule has 0 unspecified atom stereocenters. The van der Waals surface area contributed by atoms with Gasteiger partial charge in [0.15, 0.2) is 0 Å². The Morgan fingerprint density at radius 1 is 0.818 bits per heavy atom. The van der Waals surface area contributed by atoms with Gasteiger partial charge in [-0.05, 0) is 33.1 Å². The van der Waals surface area contributed by atoms with E-state index >= 15 is 0 Å². The van der Waals surface area contributed by atoms with Gasteiger partial charge < -0.3 is 13.9 Å². The highest BCUT2D eigenvalue weighted by atomic mass is 32.2. The molecule has 1 saturated heterocycles. The van der Waals surface area contributed by atoms with Crippen molar-refractivity contribution in [1.29, 1.82) is 0 Å². The summed E-state index contributed by atoms with van der Waals surface area (Å²) in [5, 5.41) is 2.11. The third kappa shape index (κ3) is 8.03. The molecule has 0 spiro atoms. The average molecular weight is 771 g/mol. The lowest BCUT2D eigenvalue weighted by atomic mass is 10.1. The zero-order valence-electron chi connectivity index (χ0n) is 30.9. The van der Waals surface area contributed by atoms with Crippen molar-refractivity contribution in [3.63, 3.8) is 0 Å². The van der Waals surface area contributed by atoms with Crippen LogP contribution in [0.25, 0.3) is 5.82 Å². The van der Waals surface area contributed by atoms with Crippen molar-refractivity contribution in [3.05, 3.63) is 178 Å².